The number of nitrogens with zero attached hydrogens (tertiary/aromatic N) is 1. The molecule has 0 saturated carbocycles. The first-order valence-corrected chi connectivity index (χ1v) is 4.62. The molecule has 0 fully saturated rings. The van der Waals surface area contributed by atoms with E-state index in [0.717, 1.165) is 24.8 Å². The monoisotopic (exact) mass is 175 g/mol. The van der Waals surface area contributed by atoms with E-state index in [9.17, 15) is 0 Å². The Labute approximate surface area is 81.1 Å². The lowest BCUT2D eigenvalue weighted by molar-refractivity contribution is 0.840. The molecule has 1 heteroatoms. The predicted molar refractivity (Wildman–Crippen MR) is 57.2 cm³/mol. The summed E-state index contributed by atoms with van der Waals surface area (Å²) in [5.74, 6) is 0. The summed E-state index contributed by atoms with van der Waals surface area (Å²) in [7, 11) is 0. The predicted octanol–water partition coefficient (Wildman–Crippen LogP) is 3.76. The van der Waals surface area contributed by atoms with Gasteiger partial charge in [-0.25, -0.2) is 0 Å². The maximum atomic E-state index is 8.63. The average Bonchev–Trinajstić information content (AvgIpc) is 2.17. The highest BCUT2D eigenvalue weighted by molar-refractivity contribution is 5.38. The van der Waals surface area contributed by atoms with E-state index in [1.54, 1.807) is 0 Å². The molecule has 0 spiro atoms. The number of allylic oxidation sites excluding steroid dienone is 5. The van der Waals surface area contributed by atoms with Gasteiger partial charge in [-0.2, -0.15) is 5.26 Å². The van der Waals surface area contributed by atoms with Crippen molar-refractivity contribution in [2.45, 2.75) is 33.1 Å². The summed E-state index contributed by atoms with van der Waals surface area (Å²) in [5.41, 5.74) is 1.68. The zero-order chi connectivity index (χ0) is 10.1. The van der Waals surface area contributed by atoms with Gasteiger partial charge in [0.05, 0.1) is 6.07 Å². The molecule has 0 heterocycles. The number of hydrogen-bond acceptors (Lipinski definition) is 1. The molecular formula is C12H17N. The molecule has 0 aliphatic heterocycles. The van der Waals surface area contributed by atoms with Gasteiger partial charge in [-0.15, -0.1) is 0 Å². The van der Waals surface area contributed by atoms with Crippen LogP contribution in [0, 0.1) is 11.3 Å². The Hall–Kier alpha value is -1.29. The molecular weight excluding hydrogens is 158 g/mol. The smallest absolute Gasteiger partial charge is 0.0988 e. The molecule has 0 N–H and O–H groups in total. The highest BCUT2D eigenvalue weighted by atomic mass is 14.2. The van der Waals surface area contributed by atoms with Crippen molar-refractivity contribution in [2.24, 2.45) is 0 Å². The van der Waals surface area contributed by atoms with Crippen molar-refractivity contribution in [3.63, 3.8) is 0 Å². The van der Waals surface area contributed by atoms with Gasteiger partial charge in [0.1, 0.15) is 0 Å². The van der Waals surface area contributed by atoms with Crippen molar-refractivity contribution >= 4 is 0 Å². The molecule has 0 aliphatic rings. The van der Waals surface area contributed by atoms with Crippen molar-refractivity contribution in [1.29, 1.82) is 5.26 Å². The lowest BCUT2D eigenvalue weighted by Crippen LogP contribution is -1.85. The Morgan fingerprint density at radius 2 is 2.15 bits per heavy atom. The van der Waals surface area contributed by atoms with Crippen LogP contribution in [-0.4, -0.2) is 0 Å². The van der Waals surface area contributed by atoms with Gasteiger partial charge in [0.2, 0.25) is 0 Å². The summed E-state index contributed by atoms with van der Waals surface area (Å²) in [6.07, 6.45) is 9.28. The summed E-state index contributed by atoms with van der Waals surface area (Å²) in [5, 5.41) is 8.63. The van der Waals surface area contributed by atoms with Crippen LogP contribution in [0.4, 0.5) is 0 Å². The second-order valence-corrected chi connectivity index (χ2v) is 2.87. The number of unbranched alkanes of at least 4 members (excludes halogenated alkanes) is 1. The Balaban J connectivity index is 3.90. The van der Waals surface area contributed by atoms with Gasteiger partial charge in [-0.05, 0) is 38.7 Å². The van der Waals surface area contributed by atoms with E-state index in [1.165, 1.54) is 0 Å². The molecule has 0 aromatic heterocycles. The molecule has 0 unspecified atom stereocenters. The second-order valence-electron chi connectivity index (χ2n) is 2.87. The fourth-order valence-corrected chi connectivity index (χ4v) is 1.12. The van der Waals surface area contributed by atoms with E-state index in [-0.39, 0.29) is 0 Å². The van der Waals surface area contributed by atoms with E-state index >= 15 is 0 Å². The van der Waals surface area contributed by atoms with Crippen LogP contribution >= 0.6 is 0 Å². The van der Waals surface area contributed by atoms with E-state index in [0.29, 0.717) is 5.57 Å². The highest BCUT2D eigenvalue weighted by Crippen LogP contribution is 2.14. The molecule has 0 radical (unpaired) electrons. The number of rotatable bonds is 5. The molecule has 70 valence electrons. The van der Waals surface area contributed by atoms with Crippen molar-refractivity contribution in [2.75, 3.05) is 0 Å². The summed E-state index contributed by atoms with van der Waals surface area (Å²) in [6.45, 7) is 7.67. The van der Waals surface area contributed by atoms with Crippen LogP contribution < -0.4 is 0 Å². The maximum absolute atomic E-state index is 8.63. The summed E-state index contributed by atoms with van der Waals surface area (Å²) < 4.78 is 0. The van der Waals surface area contributed by atoms with Gasteiger partial charge in [0.15, 0.2) is 0 Å². The van der Waals surface area contributed by atoms with Crippen LogP contribution in [0.15, 0.2) is 36.0 Å². The third-order valence-corrected chi connectivity index (χ3v) is 1.92. The third kappa shape index (κ3) is 5.03. The standard InChI is InChI=1S/C12H17N/c1-4-6-7-8-9-12(5-2)11(3)10-13/h4-6H,3,7-9H2,1-2H3/b6-4-,12-5-. The van der Waals surface area contributed by atoms with Crippen LogP contribution in [0.3, 0.4) is 0 Å². The zero-order valence-electron chi connectivity index (χ0n) is 8.51. The first-order valence-electron chi connectivity index (χ1n) is 4.62. The van der Waals surface area contributed by atoms with Gasteiger partial charge in [-0.3, -0.25) is 0 Å². The Morgan fingerprint density at radius 1 is 1.46 bits per heavy atom. The highest BCUT2D eigenvalue weighted by Gasteiger charge is 1.99. The lowest BCUT2D eigenvalue weighted by Gasteiger charge is -2.01. The quantitative estimate of drug-likeness (QED) is 0.270. The molecule has 0 bridgehead atoms. The first kappa shape index (κ1) is 11.7. The topological polar surface area (TPSA) is 23.8 Å². The van der Waals surface area contributed by atoms with Crippen LogP contribution in [0.5, 0.6) is 0 Å². The van der Waals surface area contributed by atoms with Gasteiger partial charge < -0.3 is 0 Å². The second kappa shape index (κ2) is 7.36. The summed E-state index contributed by atoms with van der Waals surface area (Å²) in [6, 6.07) is 2.08. The van der Waals surface area contributed by atoms with Crippen LogP contribution in [0.25, 0.3) is 0 Å². The molecule has 13 heavy (non-hydrogen) atoms. The van der Waals surface area contributed by atoms with Gasteiger partial charge in [0, 0.05) is 5.57 Å². The number of hydrogen-bond donors (Lipinski definition) is 0. The van der Waals surface area contributed by atoms with Crippen LogP contribution in [0.2, 0.25) is 0 Å². The molecule has 0 amide bonds. The normalized spacial score (nSPS) is 11.6. The molecule has 0 saturated heterocycles. The van der Waals surface area contributed by atoms with E-state index in [2.05, 4.69) is 24.8 Å². The third-order valence-electron chi connectivity index (χ3n) is 1.92. The van der Waals surface area contributed by atoms with Gasteiger partial charge in [-0.1, -0.05) is 24.8 Å². The fourth-order valence-electron chi connectivity index (χ4n) is 1.12. The maximum Gasteiger partial charge on any atom is 0.0988 e. The van der Waals surface area contributed by atoms with Gasteiger partial charge >= 0.3 is 0 Å². The molecule has 0 aromatic rings. The van der Waals surface area contributed by atoms with Crippen molar-refractivity contribution in [3.8, 4) is 6.07 Å². The Kier molecular flexibility index (Phi) is 6.63. The van der Waals surface area contributed by atoms with Gasteiger partial charge in [0.25, 0.3) is 0 Å². The Bertz CT molecular complexity index is 251. The van der Waals surface area contributed by atoms with Crippen LogP contribution in [-0.2, 0) is 0 Å². The lowest BCUT2D eigenvalue weighted by atomic mass is 10.0. The fraction of sp³-hybridized carbons (Fsp3) is 0.417. The summed E-state index contributed by atoms with van der Waals surface area (Å²) >= 11 is 0. The first-order chi connectivity index (χ1) is 6.26. The van der Waals surface area contributed by atoms with E-state index in [4.69, 9.17) is 5.26 Å². The minimum atomic E-state index is 0.600. The molecule has 0 aromatic carbocycles. The minimum Gasteiger partial charge on any atom is -0.192 e. The minimum absolute atomic E-state index is 0.600. The van der Waals surface area contributed by atoms with Crippen molar-refractivity contribution < 1.29 is 0 Å². The van der Waals surface area contributed by atoms with Crippen molar-refractivity contribution in [3.05, 3.63) is 36.0 Å². The summed E-state index contributed by atoms with van der Waals surface area (Å²) in [4.78, 5) is 0. The zero-order valence-corrected chi connectivity index (χ0v) is 8.51. The molecule has 1 nitrogen and oxygen atoms in total. The average molecular weight is 175 g/mol. The molecule has 0 atom stereocenters. The Morgan fingerprint density at radius 3 is 2.62 bits per heavy atom. The van der Waals surface area contributed by atoms with Crippen LogP contribution in [0.1, 0.15) is 33.1 Å². The number of nitriles is 1. The molecule has 0 rings (SSSR count). The van der Waals surface area contributed by atoms with E-state index in [1.807, 2.05) is 19.9 Å². The van der Waals surface area contributed by atoms with Crippen molar-refractivity contribution in [1.82, 2.24) is 0 Å². The largest absolute Gasteiger partial charge is 0.192 e. The molecule has 0 aliphatic carbocycles. The SMILES string of the molecule is C=C(C#N)/C(=C\C)CCC/C=C\C. The van der Waals surface area contributed by atoms with E-state index < -0.39 is 0 Å².